The van der Waals surface area contributed by atoms with Gasteiger partial charge in [0.05, 0.1) is 28.2 Å². The summed E-state index contributed by atoms with van der Waals surface area (Å²) < 4.78 is 7.16. The molecule has 27 heavy (non-hydrogen) atoms. The van der Waals surface area contributed by atoms with E-state index in [-0.39, 0.29) is 34.1 Å². The van der Waals surface area contributed by atoms with E-state index in [1.54, 1.807) is 16.8 Å². The summed E-state index contributed by atoms with van der Waals surface area (Å²) in [6.45, 7) is 1.23. The Labute approximate surface area is 158 Å². The first-order valence-corrected chi connectivity index (χ1v) is 9.76. The molecule has 8 nitrogen and oxygen atoms in total. The number of aromatic nitrogens is 2. The third-order valence-electron chi connectivity index (χ3n) is 4.88. The number of aromatic carboxylic acids is 1. The summed E-state index contributed by atoms with van der Waals surface area (Å²) in [5, 5.41) is 14.5. The zero-order valence-electron chi connectivity index (χ0n) is 14.4. The minimum Gasteiger partial charge on any atom is -0.478 e. The van der Waals surface area contributed by atoms with Gasteiger partial charge in [-0.15, -0.1) is 11.8 Å². The normalized spacial score (nSPS) is 20.6. The standard InChI is InChI=1S/C18H19N3O5S/c22-13-9-27-15(10-1-3-11(4-2-10)18(24)25)14-16(19-13)21(20-17(14)23)12-5-7-26-8-6-12/h1-4,12,15H,5-9H2,(H,19,22)(H,20,23)(H,24,25)/t15-/m1/s1. The number of nitrogens with one attached hydrogen (secondary N) is 2. The lowest BCUT2D eigenvalue weighted by atomic mass is 10.0. The molecule has 1 atom stereocenters. The van der Waals surface area contributed by atoms with E-state index >= 15 is 0 Å². The Morgan fingerprint density at radius 2 is 1.89 bits per heavy atom. The van der Waals surface area contributed by atoms with Gasteiger partial charge in [0.25, 0.3) is 5.56 Å². The van der Waals surface area contributed by atoms with Gasteiger partial charge >= 0.3 is 5.97 Å². The summed E-state index contributed by atoms with van der Waals surface area (Å²) in [6, 6.07) is 6.50. The van der Waals surface area contributed by atoms with Crippen LogP contribution in [0.5, 0.6) is 0 Å². The smallest absolute Gasteiger partial charge is 0.335 e. The number of anilines is 1. The van der Waals surface area contributed by atoms with Crippen molar-refractivity contribution in [2.24, 2.45) is 0 Å². The van der Waals surface area contributed by atoms with Crippen LogP contribution in [0.2, 0.25) is 0 Å². The highest BCUT2D eigenvalue weighted by Crippen LogP contribution is 2.41. The highest BCUT2D eigenvalue weighted by molar-refractivity contribution is 8.00. The fourth-order valence-electron chi connectivity index (χ4n) is 3.52. The van der Waals surface area contributed by atoms with Gasteiger partial charge in [-0.2, -0.15) is 0 Å². The second-order valence-corrected chi connectivity index (χ2v) is 7.68. The highest BCUT2D eigenvalue weighted by Gasteiger charge is 2.32. The van der Waals surface area contributed by atoms with Gasteiger partial charge in [-0.25, -0.2) is 4.79 Å². The van der Waals surface area contributed by atoms with Crippen LogP contribution in [-0.4, -0.2) is 45.7 Å². The molecule has 142 valence electrons. The number of aromatic amines is 1. The molecular formula is C18H19N3O5S. The molecule has 9 heteroatoms. The average Bonchev–Trinajstić information content (AvgIpc) is 2.88. The number of carboxylic acid groups (broad SMARTS) is 1. The summed E-state index contributed by atoms with van der Waals surface area (Å²) in [7, 11) is 0. The fourth-order valence-corrected chi connectivity index (χ4v) is 4.65. The Morgan fingerprint density at radius 3 is 2.56 bits per heavy atom. The Bertz CT molecular complexity index is 927. The van der Waals surface area contributed by atoms with Gasteiger partial charge in [0.15, 0.2) is 0 Å². The number of benzene rings is 1. The van der Waals surface area contributed by atoms with Crippen LogP contribution in [0.1, 0.15) is 45.6 Å². The second kappa shape index (κ2) is 7.24. The minimum absolute atomic E-state index is 0.0636. The van der Waals surface area contributed by atoms with Crippen molar-refractivity contribution in [3.8, 4) is 0 Å². The maximum absolute atomic E-state index is 12.8. The van der Waals surface area contributed by atoms with Gasteiger partial charge in [0.1, 0.15) is 5.82 Å². The molecule has 1 fully saturated rings. The van der Waals surface area contributed by atoms with E-state index in [9.17, 15) is 14.4 Å². The van der Waals surface area contributed by atoms with Gasteiger partial charge in [-0.05, 0) is 30.5 Å². The van der Waals surface area contributed by atoms with E-state index in [0.717, 1.165) is 18.4 Å². The first-order valence-electron chi connectivity index (χ1n) is 8.71. The Hall–Kier alpha value is -2.52. The number of carbonyl (C=O) groups excluding carboxylic acids is 1. The number of thioether (sulfide) groups is 1. The van der Waals surface area contributed by atoms with E-state index in [4.69, 9.17) is 9.84 Å². The molecule has 2 aromatic rings. The highest BCUT2D eigenvalue weighted by atomic mass is 32.2. The van der Waals surface area contributed by atoms with Crippen molar-refractivity contribution in [3.63, 3.8) is 0 Å². The van der Waals surface area contributed by atoms with E-state index in [1.165, 1.54) is 23.9 Å². The van der Waals surface area contributed by atoms with Crippen LogP contribution in [0.25, 0.3) is 0 Å². The van der Waals surface area contributed by atoms with Crippen molar-refractivity contribution in [1.29, 1.82) is 0 Å². The number of fused-ring (bicyclic) bond motifs is 1. The Balaban J connectivity index is 1.77. The van der Waals surface area contributed by atoms with Crippen LogP contribution in [0, 0.1) is 0 Å². The van der Waals surface area contributed by atoms with Crippen molar-refractivity contribution in [2.75, 3.05) is 24.3 Å². The molecule has 0 radical (unpaired) electrons. The van der Waals surface area contributed by atoms with Crippen LogP contribution in [0.4, 0.5) is 5.82 Å². The number of hydrogen-bond acceptors (Lipinski definition) is 5. The maximum Gasteiger partial charge on any atom is 0.335 e. The summed E-state index contributed by atoms with van der Waals surface area (Å²) in [5.41, 5.74) is 1.23. The molecule has 0 bridgehead atoms. The third kappa shape index (κ3) is 3.40. The second-order valence-electron chi connectivity index (χ2n) is 6.58. The molecule has 1 aromatic heterocycles. The first-order chi connectivity index (χ1) is 13.0. The summed E-state index contributed by atoms with van der Waals surface area (Å²) in [4.78, 5) is 36.1. The van der Waals surface area contributed by atoms with Crippen molar-refractivity contribution in [2.45, 2.75) is 24.1 Å². The lowest BCUT2D eigenvalue weighted by Crippen LogP contribution is -2.24. The SMILES string of the molecule is O=C1CS[C@H](c2ccc(C(=O)O)cc2)c2c(n(C3CCOCC3)[nH]c2=O)N1. The van der Waals surface area contributed by atoms with Crippen LogP contribution in [-0.2, 0) is 9.53 Å². The number of amides is 1. The molecule has 0 spiro atoms. The first kappa shape index (κ1) is 17.9. The van der Waals surface area contributed by atoms with Gasteiger partial charge in [0, 0.05) is 13.2 Å². The van der Waals surface area contributed by atoms with Crippen LogP contribution >= 0.6 is 11.8 Å². The van der Waals surface area contributed by atoms with E-state index in [1.807, 2.05) is 0 Å². The number of H-pyrrole nitrogens is 1. The van der Waals surface area contributed by atoms with Crippen molar-refractivity contribution < 1.29 is 19.4 Å². The predicted molar refractivity (Wildman–Crippen MR) is 100 cm³/mol. The molecule has 0 aliphatic carbocycles. The quantitative estimate of drug-likeness (QED) is 0.740. The monoisotopic (exact) mass is 389 g/mol. The zero-order valence-corrected chi connectivity index (χ0v) is 15.3. The lowest BCUT2D eigenvalue weighted by molar-refractivity contribution is -0.113. The number of hydrogen-bond donors (Lipinski definition) is 3. The summed E-state index contributed by atoms with van der Waals surface area (Å²) >= 11 is 1.36. The predicted octanol–water partition coefficient (Wildman–Crippen LogP) is 2.00. The Kier molecular flexibility index (Phi) is 4.79. The Morgan fingerprint density at radius 1 is 1.19 bits per heavy atom. The minimum atomic E-state index is -1.00. The van der Waals surface area contributed by atoms with Crippen LogP contribution in [0.15, 0.2) is 29.1 Å². The molecule has 2 aliphatic rings. The number of carbonyl (C=O) groups is 2. The maximum atomic E-state index is 12.8. The molecule has 2 aliphatic heterocycles. The average molecular weight is 389 g/mol. The lowest BCUT2D eigenvalue weighted by Gasteiger charge is -2.25. The fraction of sp³-hybridized carbons (Fsp3) is 0.389. The number of ether oxygens (including phenoxy) is 1. The van der Waals surface area contributed by atoms with Crippen molar-refractivity contribution >= 4 is 29.5 Å². The topological polar surface area (TPSA) is 113 Å². The third-order valence-corrected chi connectivity index (χ3v) is 6.15. The largest absolute Gasteiger partial charge is 0.478 e. The molecule has 0 unspecified atom stereocenters. The van der Waals surface area contributed by atoms with E-state index in [2.05, 4.69) is 10.4 Å². The molecule has 4 rings (SSSR count). The molecule has 0 saturated carbocycles. The number of carboxylic acids is 1. The van der Waals surface area contributed by atoms with Crippen molar-refractivity contribution in [1.82, 2.24) is 9.78 Å². The molecule has 1 saturated heterocycles. The van der Waals surface area contributed by atoms with Gasteiger partial charge in [-0.1, -0.05) is 12.1 Å². The van der Waals surface area contributed by atoms with E-state index < -0.39 is 5.97 Å². The van der Waals surface area contributed by atoms with E-state index in [0.29, 0.717) is 24.6 Å². The summed E-state index contributed by atoms with van der Waals surface area (Å²) in [6.07, 6.45) is 1.52. The molecule has 1 amide bonds. The van der Waals surface area contributed by atoms with Crippen LogP contribution < -0.4 is 10.9 Å². The van der Waals surface area contributed by atoms with Crippen molar-refractivity contribution in [3.05, 3.63) is 51.3 Å². The number of nitrogens with zero attached hydrogens (tertiary/aromatic N) is 1. The van der Waals surface area contributed by atoms with Gasteiger partial charge in [-0.3, -0.25) is 19.4 Å². The van der Waals surface area contributed by atoms with Crippen LogP contribution in [0.3, 0.4) is 0 Å². The van der Waals surface area contributed by atoms with Gasteiger partial charge in [0.2, 0.25) is 5.91 Å². The molecule has 1 aromatic carbocycles. The molecular weight excluding hydrogens is 370 g/mol. The van der Waals surface area contributed by atoms with Gasteiger partial charge < -0.3 is 15.2 Å². The number of rotatable bonds is 3. The molecule has 3 N–H and O–H groups in total. The summed E-state index contributed by atoms with van der Waals surface area (Å²) in [5.74, 6) is -0.441. The molecule has 3 heterocycles. The zero-order chi connectivity index (χ0) is 19.0.